The van der Waals surface area contributed by atoms with Crippen molar-refractivity contribution in [3.05, 3.63) is 28.8 Å². The Labute approximate surface area is 96.7 Å². The number of hydrogen-bond acceptors (Lipinski definition) is 2. The largest absolute Gasteiger partial charge is 0.313 e. The summed E-state index contributed by atoms with van der Waals surface area (Å²) in [6, 6.07) is 5.02. The van der Waals surface area contributed by atoms with E-state index < -0.39 is 0 Å². The highest BCUT2D eigenvalue weighted by atomic mass is 32.2. The highest BCUT2D eigenvalue weighted by molar-refractivity contribution is 7.99. The van der Waals surface area contributed by atoms with Crippen LogP contribution in [0.2, 0.25) is 0 Å². The summed E-state index contributed by atoms with van der Waals surface area (Å²) in [5, 5.41) is 3.46. The highest BCUT2D eigenvalue weighted by Gasteiger charge is 2.27. The molecule has 2 heteroatoms. The first-order valence-corrected chi connectivity index (χ1v) is 6.54. The first kappa shape index (κ1) is 11.0. The quantitative estimate of drug-likeness (QED) is 0.781. The standard InChI is InChI=1S/C13H19NS/c1-8-5-6-9(2)13-11(8)12(14-4)10(3)7-15-13/h5-6,10,12,14H,7H2,1-4H3. The molecule has 2 atom stereocenters. The molecule has 0 bridgehead atoms. The van der Waals surface area contributed by atoms with Crippen molar-refractivity contribution >= 4 is 11.8 Å². The second-order valence-electron chi connectivity index (χ2n) is 4.50. The summed E-state index contributed by atoms with van der Waals surface area (Å²) in [6.45, 7) is 6.77. The third kappa shape index (κ3) is 1.81. The summed E-state index contributed by atoms with van der Waals surface area (Å²) in [6.07, 6.45) is 0. The monoisotopic (exact) mass is 221 g/mol. The molecule has 0 aromatic heterocycles. The molecule has 1 aromatic carbocycles. The van der Waals surface area contributed by atoms with E-state index in [1.165, 1.54) is 27.3 Å². The van der Waals surface area contributed by atoms with E-state index in [4.69, 9.17) is 0 Å². The van der Waals surface area contributed by atoms with Gasteiger partial charge in [0.15, 0.2) is 0 Å². The van der Waals surface area contributed by atoms with Crippen LogP contribution in [-0.2, 0) is 0 Å². The number of hydrogen-bond donors (Lipinski definition) is 1. The van der Waals surface area contributed by atoms with Crippen molar-refractivity contribution in [2.45, 2.75) is 31.7 Å². The third-order valence-electron chi connectivity index (χ3n) is 3.29. The molecule has 1 aliphatic rings. The summed E-state index contributed by atoms with van der Waals surface area (Å²) >= 11 is 2.02. The SMILES string of the molecule is CNC1c2c(C)ccc(C)c2SCC1C. The van der Waals surface area contributed by atoms with E-state index in [-0.39, 0.29) is 0 Å². The lowest BCUT2D eigenvalue weighted by atomic mass is 9.91. The Morgan fingerprint density at radius 2 is 1.93 bits per heavy atom. The molecule has 1 N–H and O–H groups in total. The highest BCUT2D eigenvalue weighted by Crippen LogP contribution is 2.42. The third-order valence-corrected chi connectivity index (χ3v) is 4.82. The molecule has 1 nitrogen and oxygen atoms in total. The Morgan fingerprint density at radius 1 is 1.27 bits per heavy atom. The van der Waals surface area contributed by atoms with Crippen molar-refractivity contribution in [1.29, 1.82) is 0 Å². The molecule has 1 aromatic rings. The topological polar surface area (TPSA) is 12.0 Å². The van der Waals surface area contributed by atoms with Crippen LogP contribution in [0.1, 0.15) is 29.7 Å². The molecule has 2 unspecified atom stereocenters. The van der Waals surface area contributed by atoms with Gasteiger partial charge in [0.2, 0.25) is 0 Å². The van der Waals surface area contributed by atoms with Gasteiger partial charge in [-0.15, -0.1) is 11.8 Å². The fourth-order valence-electron chi connectivity index (χ4n) is 2.41. The van der Waals surface area contributed by atoms with Crippen LogP contribution in [0.3, 0.4) is 0 Å². The summed E-state index contributed by atoms with van der Waals surface area (Å²) in [7, 11) is 2.07. The number of nitrogens with one attached hydrogen (secondary N) is 1. The predicted octanol–water partition coefficient (Wildman–Crippen LogP) is 3.31. The van der Waals surface area contributed by atoms with Gasteiger partial charge >= 0.3 is 0 Å². The normalized spacial score (nSPS) is 25.1. The maximum Gasteiger partial charge on any atom is 0.0365 e. The second-order valence-corrected chi connectivity index (χ2v) is 5.53. The van der Waals surface area contributed by atoms with E-state index >= 15 is 0 Å². The minimum atomic E-state index is 0.529. The molecular weight excluding hydrogens is 202 g/mol. The van der Waals surface area contributed by atoms with Gasteiger partial charge < -0.3 is 5.32 Å². The Morgan fingerprint density at radius 3 is 2.60 bits per heavy atom. The van der Waals surface area contributed by atoms with E-state index in [9.17, 15) is 0 Å². The maximum atomic E-state index is 3.46. The van der Waals surface area contributed by atoms with Gasteiger partial charge in [-0.2, -0.15) is 0 Å². The minimum absolute atomic E-state index is 0.529. The van der Waals surface area contributed by atoms with Crippen LogP contribution in [0.15, 0.2) is 17.0 Å². The van der Waals surface area contributed by atoms with Crippen LogP contribution in [0.4, 0.5) is 0 Å². The van der Waals surface area contributed by atoms with Crippen molar-refractivity contribution in [3.8, 4) is 0 Å². The Kier molecular flexibility index (Phi) is 3.08. The number of thioether (sulfide) groups is 1. The summed E-state index contributed by atoms with van der Waals surface area (Å²) < 4.78 is 0. The lowest BCUT2D eigenvalue weighted by molar-refractivity contribution is 0.434. The molecule has 1 aliphatic heterocycles. The van der Waals surface area contributed by atoms with E-state index in [0.717, 1.165) is 0 Å². The van der Waals surface area contributed by atoms with E-state index in [1.54, 1.807) is 0 Å². The number of fused-ring (bicyclic) bond motifs is 1. The lowest BCUT2D eigenvalue weighted by Crippen LogP contribution is -2.29. The van der Waals surface area contributed by atoms with E-state index in [2.05, 4.69) is 45.3 Å². The molecule has 0 aliphatic carbocycles. The average molecular weight is 221 g/mol. The van der Waals surface area contributed by atoms with Crippen LogP contribution < -0.4 is 5.32 Å². The number of aryl methyl sites for hydroxylation is 2. The van der Waals surface area contributed by atoms with Gasteiger partial charge in [0.25, 0.3) is 0 Å². The first-order valence-electron chi connectivity index (χ1n) is 5.55. The zero-order valence-corrected chi connectivity index (χ0v) is 10.7. The number of benzene rings is 1. The van der Waals surface area contributed by atoms with Gasteiger partial charge in [0, 0.05) is 16.7 Å². The van der Waals surface area contributed by atoms with E-state index in [0.29, 0.717) is 12.0 Å². The maximum absolute atomic E-state index is 3.46. The molecule has 1 heterocycles. The molecule has 0 saturated carbocycles. The average Bonchev–Trinajstić information content (AvgIpc) is 2.23. The van der Waals surface area contributed by atoms with Crippen LogP contribution >= 0.6 is 11.8 Å². The van der Waals surface area contributed by atoms with Crippen LogP contribution in [0.5, 0.6) is 0 Å². The Balaban J connectivity index is 2.56. The smallest absolute Gasteiger partial charge is 0.0365 e. The Hall–Kier alpha value is -0.470. The molecular formula is C13H19NS. The van der Waals surface area contributed by atoms with Gasteiger partial charge in [-0.1, -0.05) is 19.1 Å². The van der Waals surface area contributed by atoms with Crippen LogP contribution in [0.25, 0.3) is 0 Å². The van der Waals surface area contributed by atoms with Crippen molar-refractivity contribution in [1.82, 2.24) is 5.32 Å². The predicted molar refractivity (Wildman–Crippen MR) is 67.6 cm³/mol. The van der Waals surface area contributed by atoms with Crippen LogP contribution in [-0.4, -0.2) is 12.8 Å². The summed E-state index contributed by atoms with van der Waals surface area (Å²) in [4.78, 5) is 1.51. The zero-order valence-electron chi connectivity index (χ0n) is 9.92. The number of rotatable bonds is 1. The fraction of sp³-hybridized carbons (Fsp3) is 0.538. The van der Waals surface area contributed by atoms with Gasteiger partial charge in [-0.3, -0.25) is 0 Å². The molecule has 0 radical (unpaired) electrons. The van der Waals surface area contributed by atoms with E-state index in [1.807, 2.05) is 11.8 Å². The lowest BCUT2D eigenvalue weighted by Gasteiger charge is -2.33. The Bertz CT molecular complexity index is 373. The zero-order chi connectivity index (χ0) is 11.0. The fourth-order valence-corrected chi connectivity index (χ4v) is 3.77. The molecule has 0 fully saturated rings. The van der Waals surface area contributed by atoms with Crippen LogP contribution in [0, 0.1) is 19.8 Å². The molecule has 82 valence electrons. The molecule has 2 rings (SSSR count). The van der Waals surface area contributed by atoms with Crippen molar-refractivity contribution in [3.63, 3.8) is 0 Å². The summed E-state index contributed by atoms with van der Waals surface area (Å²) in [5.41, 5.74) is 4.38. The minimum Gasteiger partial charge on any atom is -0.313 e. The van der Waals surface area contributed by atoms with Gasteiger partial charge in [-0.25, -0.2) is 0 Å². The first-order chi connectivity index (χ1) is 7.15. The van der Waals surface area contributed by atoms with Gasteiger partial charge in [0.05, 0.1) is 0 Å². The van der Waals surface area contributed by atoms with Gasteiger partial charge in [0.1, 0.15) is 0 Å². The second kappa shape index (κ2) is 4.18. The van der Waals surface area contributed by atoms with Crippen molar-refractivity contribution in [2.24, 2.45) is 5.92 Å². The van der Waals surface area contributed by atoms with Gasteiger partial charge in [-0.05, 0) is 43.5 Å². The molecule has 15 heavy (non-hydrogen) atoms. The molecule has 0 amide bonds. The van der Waals surface area contributed by atoms with Crippen molar-refractivity contribution < 1.29 is 0 Å². The molecule has 0 spiro atoms. The summed E-state index contributed by atoms with van der Waals surface area (Å²) in [5.74, 6) is 1.94. The van der Waals surface area contributed by atoms with Crippen molar-refractivity contribution in [2.75, 3.05) is 12.8 Å². The molecule has 0 saturated heterocycles.